The third-order valence-corrected chi connectivity index (χ3v) is 4.28. The van der Waals surface area contributed by atoms with Gasteiger partial charge in [-0.3, -0.25) is 10.1 Å². The Labute approximate surface area is 142 Å². The number of aromatic nitrogens is 2. The van der Waals surface area contributed by atoms with E-state index in [0.717, 1.165) is 35.5 Å². The maximum Gasteiger partial charge on any atom is 0.433 e. The molecule has 8 nitrogen and oxygen atoms in total. The van der Waals surface area contributed by atoms with Crippen molar-refractivity contribution in [1.29, 1.82) is 0 Å². The van der Waals surface area contributed by atoms with Gasteiger partial charge in [0.2, 0.25) is 0 Å². The van der Waals surface area contributed by atoms with E-state index in [1.54, 1.807) is 11.3 Å². The molecule has 0 bridgehead atoms. The number of thiophene rings is 1. The molecule has 3 rings (SSSR count). The molecular weight excluding hydrogens is 330 g/mol. The van der Waals surface area contributed by atoms with Crippen LogP contribution in [0.2, 0.25) is 0 Å². The van der Waals surface area contributed by atoms with Crippen molar-refractivity contribution in [3.63, 3.8) is 0 Å². The maximum absolute atomic E-state index is 10.8. The van der Waals surface area contributed by atoms with Crippen molar-refractivity contribution in [1.82, 2.24) is 14.9 Å². The van der Waals surface area contributed by atoms with Crippen LogP contribution in [0.1, 0.15) is 6.42 Å². The second-order valence-electron chi connectivity index (χ2n) is 5.51. The van der Waals surface area contributed by atoms with Gasteiger partial charge in [-0.15, -0.1) is 11.3 Å². The molecule has 3 heterocycles. The van der Waals surface area contributed by atoms with Gasteiger partial charge < -0.3 is 14.6 Å². The van der Waals surface area contributed by atoms with Crippen LogP contribution in [0.25, 0.3) is 21.8 Å². The number of furan rings is 1. The first kappa shape index (κ1) is 16.3. The molecule has 0 radical (unpaired) electrons. The van der Waals surface area contributed by atoms with Gasteiger partial charge in [0.15, 0.2) is 11.6 Å². The van der Waals surface area contributed by atoms with Gasteiger partial charge in [0.1, 0.15) is 10.7 Å². The van der Waals surface area contributed by atoms with E-state index >= 15 is 0 Å². The lowest BCUT2D eigenvalue weighted by Gasteiger charge is -2.11. The normalized spacial score (nSPS) is 11.3. The van der Waals surface area contributed by atoms with Crippen molar-refractivity contribution in [3.05, 3.63) is 33.7 Å². The van der Waals surface area contributed by atoms with Crippen LogP contribution >= 0.6 is 11.3 Å². The summed E-state index contributed by atoms with van der Waals surface area (Å²) in [5.74, 6) is 1.03. The van der Waals surface area contributed by atoms with Gasteiger partial charge in [0.25, 0.3) is 0 Å². The van der Waals surface area contributed by atoms with Crippen LogP contribution in [0.5, 0.6) is 0 Å². The minimum absolute atomic E-state index is 0.283. The lowest BCUT2D eigenvalue weighted by atomic mass is 10.3. The molecule has 0 amide bonds. The quantitative estimate of drug-likeness (QED) is 0.398. The average Bonchev–Trinajstić information content (AvgIpc) is 3.19. The summed E-state index contributed by atoms with van der Waals surface area (Å²) >= 11 is 1.56. The van der Waals surface area contributed by atoms with E-state index in [2.05, 4.69) is 20.2 Å². The van der Waals surface area contributed by atoms with Gasteiger partial charge in [0.05, 0.1) is 16.3 Å². The fraction of sp³-hybridized carbons (Fsp3) is 0.333. The number of rotatable bonds is 7. The summed E-state index contributed by atoms with van der Waals surface area (Å²) in [5.41, 5.74) is 0.791. The Morgan fingerprint density at radius 2 is 2.17 bits per heavy atom. The molecule has 3 aromatic heterocycles. The zero-order valence-corrected chi connectivity index (χ0v) is 14.2. The minimum Gasteiger partial charge on any atom is -0.397 e. The number of hydrogen-bond donors (Lipinski definition) is 1. The summed E-state index contributed by atoms with van der Waals surface area (Å²) in [6.45, 7) is 1.75. The van der Waals surface area contributed by atoms with E-state index < -0.39 is 4.92 Å². The zero-order valence-electron chi connectivity index (χ0n) is 13.4. The average molecular weight is 347 g/mol. The van der Waals surface area contributed by atoms with Crippen LogP contribution in [-0.4, -0.2) is 47.0 Å². The van der Waals surface area contributed by atoms with Crippen molar-refractivity contribution < 1.29 is 9.34 Å². The largest absolute Gasteiger partial charge is 0.433 e. The molecule has 0 aliphatic heterocycles. The molecule has 0 unspecified atom stereocenters. The predicted molar refractivity (Wildman–Crippen MR) is 93.4 cm³/mol. The van der Waals surface area contributed by atoms with Gasteiger partial charge in [-0.2, -0.15) is 0 Å². The van der Waals surface area contributed by atoms with Crippen LogP contribution in [0, 0.1) is 10.1 Å². The van der Waals surface area contributed by atoms with Gasteiger partial charge >= 0.3 is 5.88 Å². The Balaban J connectivity index is 1.87. The molecule has 0 spiro atoms. The summed E-state index contributed by atoms with van der Waals surface area (Å²) in [4.78, 5) is 21.2. The summed E-state index contributed by atoms with van der Waals surface area (Å²) in [5, 5.41) is 16.0. The molecule has 9 heteroatoms. The van der Waals surface area contributed by atoms with E-state index in [1.807, 2.05) is 25.5 Å². The fourth-order valence-electron chi connectivity index (χ4n) is 2.24. The molecule has 0 fully saturated rings. The SMILES string of the molecule is CN(C)CCCNc1nc(-c2ccc([N+](=O)[O-])o2)nc2ccsc12. The summed E-state index contributed by atoms with van der Waals surface area (Å²) < 4.78 is 6.18. The Morgan fingerprint density at radius 1 is 1.33 bits per heavy atom. The van der Waals surface area contributed by atoms with Crippen molar-refractivity contribution in [2.75, 3.05) is 32.5 Å². The Hall–Kier alpha value is -2.52. The lowest BCUT2D eigenvalue weighted by molar-refractivity contribution is -0.401. The molecule has 0 aliphatic carbocycles. The van der Waals surface area contributed by atoms with Crippen LogP contribution in [0.15, 0.2) is 28.0 Å². The topological polar surface area (TPSA) is 97.3 Å². The van der Waals surface area contributed by atoms with Crippen LogP contribution in [0.3, 0.4) is 0 Å². The Bertz CT molecular complexity index is 858. The Kier molecular flexibility index (Phi) is 4.72. The zero-order chi connectivity index (χ0) is 17.1. The second kappa shape index (κ2) is 6.93. The summed E-state index contributed by atoms with van der Waals surface area (Å²) in [6.07, 6.45) is 0.978. The Morgan fingerprint density at radius 3 is 2.88 bits per heavy atom. The van der Waals surface area contributed by atoms with Gasteiger partial charge in [0, 0.05) is 6.54 Å². The predicted octanol–water partition coefficient (Wildman–Crippen LogP) is 3.22. The number of hydrogen-bond acceptors (Lipinski definition) is 8. The molecule has 0 aromatic carbocycles. The first-order chi connectivity index (χ1) is 11.5. The third-order valence-electron chi connectivity index (χ3n) is 3.37. The number of nitro groups is 1. The fourth-order valence-corrected chi connectivity index (χ4v) is 3.04. The highest BCUT2D eigenvalue weighted by Crippen LogP contribution is 2.30. The second-order valence-corrected chi connectivity index (χ2v) is 6.43. The van der Waals surface area contributed by atoms with Gasteiger partial charge in [-0.05, 0) is 44.6 Å². The molecule has 1 N–H and O–H groups in total. The van der Waals surface area contributed by atoms with Crippen molar-refractivity contribution >= 4 is 33.3 Å². The molecule has 0 saturated heterocycles. The molecule has 0 atom stereocenters. The number of fused-ring (bicyclic) bond motifs is 1. The molecule has 126 valence electrons. The van der Waals surface area contributed by atoms with Crippen molar-refractivity contribution in [2.45, 2.75) is 6.42 Å². The molecule has 24 heavy (non-hydrogen) atoms. The molecule has 0 aliphatic rings. The number of nitrogens with zero attached hydrogens (tertiary/aromatic N) is 4. The molecular formula is C15H17N5O3S. The van der Waals surface area contributed by atoms with Gasteiger partial charge in [-0.1, -0.05) is 0 Å². The summed E-state index contributed by atoms with van der Waals surface area (Å²) in [7, 11) is 4.06. The highest BCUT2D eigenvalue weighted by atomic mass is 32.1. The summed E-state index contributed by atoms with van der Waals surface area (Å²) in [6, 6.07) is 4.72. The van der Waals surface area contributed by atoms with E-state index in [0.29, 0.717) is 5.82 Å². The van der Waals surface area contributed by atoms with Crippen LogP contribution < -0.4 is 5.32 Å². The monoisotopic (exact) mass is 347 g/mol. The van der Waals surface area contributed by atoms with E-state index in [4.69, 9.17) is 4.42 Å². The van der Waals surface area contributed by atoms with E-state index in [9.17, 15) is 10.1 Å². The van der Waals surface area contributed by atoms with Crippen LogP contribution in [0.4, 0.5) is 11.7 Å². The highest BCUT2D eigenvalue weighted by Gasteiger charge is 2.17. The highest BCUT2D eigenvalue weighted by molar-refractivity contribution is 7.17. The van der Waals surface area contributed by atoms with E-state index in [-0.39, 0.29) is 11.6 Å². The van der Waals surface area contributed by atoms with Crippen LogP contribution in [-0.2, 0) is 0 Å². The first-order valence-corrected chi connectivity index (χ1v) is 8.31. The van der Waals surface area contributed by atoms with E-state index in [1.165, 1.54) is 12.1 Å². The third kappa shape index (κ3) is 3.52. The smallest absolute Gasteiger partial charge is 0.397 e. The van der Waals surface area contributed by atoms with Gasteiger partial charge in [-0.25, -0.2) is 9.97 Å². The standard InChI is InChI=1S/C15H17N5O3S/c1-19(2)8-3-7-16-15-13-10(6-9-24-13)17-14(18-15)11-4-5-12(23-11)20(21)22/h4-6,9H,3,7-8H2,1-2H3,(H,16,17,18). The van der Waals surface area contributed by atoms with Crippen molar-refractivity contribution in [3.8, 4) is 11.6 Å². The molecule has 3 aromatic rings. The maximum atomic E-state index is 10.8. The number of nitrogens with one attached hydrogen (secondary N) is 1. The lowest BCUT2D eigenvalue weighted by Crippen LogP contribution is -2.16. The number of anilines is 1. The molecule has 0 saturated carbocycles. The van der Waals surface area contributed by atoms with Crippen molar-refractivity contribution in [2.24, 2.45) is 0 Å². The first-order valence-electron chi connectivity index (χ1n) is 7.43. The minimum atomic E-state index is -0.576.